The van der Waals surface area contributed by atoms with E-state index in [0.29, 0.717) is 16.7 Å². The molecular weight excluding hydrogens is 221 g/mol. The number of imidazole rings is 1. The Bertz CT molecular complexity index is 428. The molecule has 3 nitrogen and oxygen atoms in total. The van der Waals surface area contributed by atoms with E-state index in [2.05, 4.69) is 9.97 Å². The minimum absolute atomic E-state index is 0.276. The van der Waals surface area contributed by atoms with Crippen molar-refractivity contribution in [1.29, 1.82) is 0 Å². The Balaban J connectivity index is 2.44. The summed E-state index contributed by atoms with van der Waals surface area (Å²) in [6.45, 7) is 0. The zero-order chi connectivity index (χ0) is 10.1. The number of aromatic nitrogens is 2. The zero-order valence-electron chi connectivity index (χ0n) is 7.09. The van der Waals surface area contributed by atoms with Gasteiger partial charge in [0.2, 0.25) is 0 Å². The molecule has 2 rings (SSSR count). The van der Waals surface area contributed by atoms with Gasteiger partial charge in [0, 0.05) is 11.3 Å². The first kappa shape index (κ1) is 9.37. The fourth-order valence-corrected chi connectivity index (χ4v) is 1.37. The first-order valence-electron chi connectivity index (χ1n) is 3.94. The van der Waals surface area contributed by atoms with Crippen molar-refractivity contribution < 1.29 is 0 Å². The largest absolute Gasteiger partial charge is 0.399 e. The number of H-pyrrole nitrogens is 1. The molecular formula is C9H7Cl2N3. The maximum absolute atomic E-state index is 5.74. The molecule has 1 heterocycles. The summed E-state index contributed by atoms with van der Waals surface area (Å²) in [6.07, 6.45) is 0. The van der Waals surface area contributed by atoms with Gasteiger partial charge in [-0.3, -0.25) is 0 Å². The molecule has 0 aliphatic rings. The van der Waals surface area contributed by atoms with Gasteiger partial charge in [-0.1, -0.05) is 23.2 Å². The third-order valence-electron chi connectivity index (χ3n) is 1.80. The van der Waals surface area contributed by atoms with Gasteiger partial charge in [0.05, 0.1) is 0 Å². The van der Waals surface area contributed by atoms with Crippen LogP contribution in [0.4, 0.5) is 5.69 Å². The van der Waals surface area contributed by atoms with Crippen LogP contribution in [0.3, 0.4) is 0 Å². The molecule has 2 aromatic rings. The molecule has 5 heteroatoms. The third kappa shape index (κ3) is 1.69. The van der Waals surface area contributed by atoms with Crippen molar-refractivity contribution >= 4 is 28.9 Å². The van der Waals surface area contributed by atoms with Gasteiger partial charge in [-0.2, -0.15) is 0 Å². The molecule has 1 aromatic heterocycles. The second-order valence-corrected chi connectivity index (χ2v) is 3.55. The Labute approximate surface area is 90.9 Å². The van der Waals surface area contributed by atoms with E-state index in [1.54, 1.807) is 12.1 Å². The maximum atomic E-state index is 5.74. The molecule has 0 bridgehead atoms. The summed E-state index contributed by atoms with van der Waals surface area (Å²) in [5.74, 6) is 0.639. The van der Waals surface area contributed by atoms with E-state index < -0.39 is 0 Å². The smallest absolute Gasteiger partial charge is 0.166 e. The van der Waals surface area contributed by atoms with Crippen LogP contribution in [0.15, 0.2) is 24.3 Å². The average molecular weight is 228 g/mol. The summed E-state index contributed by atoms with van der Waals surface area (Å²) in [5, 5.41) is 0.622. The lowest BCUT2D eigenvalue weighted by molar-refractivity contribution is 1.31. The van der Waals surface area contributed by atoms with Crippen molar-refractivity contribution in [2.24, 2.45) is 0 Å². The minimum atomic E-state index is 0.276. The van der Waals surface area contributed by atoms with Gasteiger partial charge in [0.25, 0.3) is 0 Å². The van der Waals surface area contributed by atoms with Crippen LogP contribution in [0.25, 0.3) is 11.4 Å². The standard InChI is InChI=1S/C9H7Cl2N3/c10-7-8(11)14-9(13-7)5-1-3-6(12)4-2-5/h1-4H,12H2,(H,13,14). The number of halogens is 2. The average Bonchev–Trinajstić information content (AvgIpc) is 2.48. The summed E-state index contributed by atoms with van der Waals surface area (Å²) in [4.78, 5) is 6.91. The Hall–Kier alpha value is -1.19. The Morgan fingerprint density at radius 1 is 1.14 bits per heavy atom. The summed E-state index contributed by atoms with van der Waals surface area (Å²) >= 11 is 11.4. The monoisotopic (exact) mass is 227 g/mol. The van der Waals surface area contributed by atoms with Crippen molar-refractivity contribution in [2.75, 3.05) is 5.73 Å². The molecule has 72 valence electrons. The van der Waals surface area contributed by atoms with E-state index in [-0.39, 0.29) is 5.15 Å². The van der Waals surface area contributed by atoms with Crippen molar-refractivity contribution in [2.45, 2.75) is 0 Å². The predicted molar refractivity (Wildman–Crippen MR) is 58.5 cm³/mol. The second-order valence-electron chi connectivity index (χ2n) is 2.81. The van der Waals surface area contributed by atoms with Crippen LogP contribution < -0.4 is 5.73 Å². The van der Waals surface area contributed by atoms with Gasteiger partial charge >= 0.3 is 0 Å². The van der Waals surface area contributed by atoms with Gasteiger partial charge in [0.1, 0.15) is 11.0 Å². The number of hydrogen-bond acceptors (Lipinski definition) is 2. The highest BCUT2D eigenvalue weighted by molar-refractivity contribution is 6.40. The molecule has 1 aromatic carbocycles. The van der Waals surface area contributed by atoms with Crippen molar-refractivity contribution in [3.63, 3.8) is 0 Å². The van der Waals surface area contributed by atoms with Crippen LogP contribution in [-0.4, -0.2) is 9.97 Å². The lowest BCUT2D eigenvalue weighted by Gasteiger charge is -1.96. The second kappa shape index (κ2) is 3.52. The highest BCUT2D eigenvalue weighted by Crippen LogP contribution is 2.24. The molecule has 0 saturated heterocycles. The van der Waals surface area contributed by atoms with Crippen LogP contribution in [0.5, 0.6) is 0 Å². The number of nitrogens with one attached hydrogen (secondary N) is 1. The highest BCUT2D eigenvalue weighted by atomic mass is 35.5. The number of hydrogen-bond donors (Lipinski definition) is 2. The number of anilines is 1. The summed E-state index contributed by atoms with van der Waals surface area (Å²) in [7, 11) is 0. The predicted octanol–water partition coefficient (Wildman–Crippen LogP) is 2.97. The highest BCUT2D eigenvalue weighted by Gasteiger charge is 2.06. The Morgan fingerprint density at radius 2 is 1.79 bits per heavy atom. The first-order chi connectivity index (χ1) is 6.66. The van der Waals surface area contributed by atoms with E-state index in [4.69, 9.17) is 28.9 Å². The molecule has 0 amide bonds. The molecule has 0 atom stereocenters. The summed E-state index contributed by atoms with van der Waals surface area (Å²) in [5.41, 5.74) is 7.16. The molecule has 0 aliphatic carbocycles. The lowest BCUT2D eigenvalue weighted by Crippen LogP contribution is -1.84. The van der Waals surface area contributed by atoms with E-state index in [1.807, 2.05) is 12.1 Å². The quantitative estimate of drug-likeness (QED) is 0.737. The van der Waals surface area contributed by atoms with Crippen molar-refractivity contribution in [3.05, 3.63) is 34.6 Å². The molecule has 3 N–H and O–H groups in total. The van der Waals surface area contributed by atoms with Crippen LogP contribution >= 0.6 is 23.2 Å². The molecule has 0 unspecified atom stereocenters. The molecule has 0 radical (unpaired) electrons. The van der Waals surface area contributed by atoms with Crippen LogP contribution in [0.1, 0.15) is 0 Å². The number of nitrogens with two attached hydrogens (primary N) is 1. The normalized spacial score (nSPS) is 10.4. The zero-order valence-corrected chi connectivity index (χ0v) is 8.60. The van der Waals surface area contributed by atoms with Gasteiger partial charge in [-0.05, 0) is 24.3 Å². The molecule has 0 spiro atoms. The summed E-state index contributed by atoms with van der Waals surface area (Å²) in [6, 6.07) is 7.28. The number of rotatable bonds is 1. The van der Waals surface area contributed by atoms with Gasteiger partial charge in [-0.25, -0.2) is 4.98 Å². The SMILES string of the molecule is Nc1ccc(-c2nc(Cl)c(Cl)[nH]2)cc1. The Kier molecular flexibility index (Phi) is 2.35. The molecule has 0 fully saturated rings. The number of nitrogens with zero attached hydrogens (tertiary/aromatic N) is 1. The van der Waals surface area contributed by atoms with E-state index in [9.17, 15) is 0 Å². The van der Waals surface area contributed by atoms with E-state index >= 15 is 0 Å². The third-order valence-corrected chi connectivity index (χ3v) is 2.45. The van der Waals surface area contributed by atoms with E-state index in [1.165, 1.54) is 0 Å². The maximum Gasteiger partial charge on any atom is 0.166 e. The molecule has 0 saturated carbocycles. The Morgan fingerprint density at radius 3 is 2.29 bits per heavy atom. The van der Waals surface area contributed by atoms with Gasteiger partial charge in [-0.15, -0.1) is 0 Å². The molecule has 0 aliphatic heterocycles. The van der Waals surface area contributed by atoms with Crippen LogP contribution in [0, 0.1) is 0 Å². The number of aromatic amines is 1. The number of nitrogen functional groups attached to an aromatic ring is 1. The van der Waals surface area contributed by atoms with Crippen LogP contribution in [0.2, 0.25) is 10.3 Å². The van der Waals surface area contributed by atoms with Crippen molar-refractivity contribution in [3.8, 4) is 11.4 Å². The number of benzene rings is 1. The summed E-state index contributed by atoms with van der Waals surface area (Å²) < 4.78 is 0. The molecule has 14 heavy (non-hydrogen) atoms. The first-order valence-corrected chi connectivity index (χ1v) is 4.69. The van der Waals surface area contributed by atoms with Crippen LogP contribution in [-0.2, 0) is 0 Å². The minimum Gasteiger partial charge on any atom is -0.399 e. The van der Waals surface area contributed by atoms with E-state index in [0.717, 1.165) is 5.56 Å². The topological polar surface area (TPSA) is 54.7 Å². The fraction of sp³-hybridized carbons (Fsp3) is 0. The van der Waals surface area contributed by atoms with Gasteiger partial charge in [0.15, 0.2) is 5.15 Å². The van der Waals surface area contributed by atoms with Crippen molar-refractivity contribution in [1.82, 2.24) is 9.97 Å². The lowest BCUT2D eigenvalue weighted by atomic mass is 10.2. The fourth-order valence-electron chi connectivity index (χ4n) is 1.11. The van der Waals surface area contributed by atoms with Gasteiger partial charge < -0.3 is 10.7 Å².